The number of carboxylic acids is 1. The molecule has 0 aliphatic rings. The molecule has 1 heterocycles. The van der Waals surface area contributed by atoms with Crippen LogP contribution in [0.15, 0.2) is 12.3 Å². The van der Waals surface area contributed by atoms with E-state index in [0.29, 0.717) is 18.8 Å². The minimum atomic E-state index is -1.06. The largest absolute Gasteiger partial charge is 0.478 e. The molecule has 0 fully saturated rings. The number of hydrogen-bond acceptors (Lipinski definition) is 4. The fourth-order valence-corrected chi connectivity index (χ4v) is 1.63. The number of halogens is 1. The number of nitrogens with zero attached hydrogens (tertiary/aromatic N) is 1. The summed E-state index contributed by atoms with van der Waals surface area (Å²) in [5.74, 6) is -0.607. The lowest BCUT2D eigenvalue weighted by Gasteiger charge is -2.24. The van der Waals surface area contributed by atoms with E-state index in [9.17, 15) is 4.79 Å². The van der Waals surface area contributed by atoms with E-state index in [1.165, 1.54) is 12.3 Å². The lowest BCUT2D eigenvalue weighted by molar-refractivity contribution is 0.0696. The molecular formula is C12H17ClN2O3. The Hall–Kier alpha value is -1.33. The van der Waals surface area contributed by atoms with E-state index < -0.39 is 5.97 Å². The zero-order chi connectivity index (χ0) is 13.8. The van der Waals surface area contributed by atoms with E-state index in [0.717, 1.165) is 0 Å². The van der Waals surface area contributed by atoms with Gasteiger partial charge in [0.1, 0.15) is 5.82 Å². The van der Waals surface area contributed by atoms with Gasteiger partial charge in [-0.3, -0.25) is 0 Å². The summed E-state index contributed by atoms with van der Waals surface area (Å²) >= 11 is 5.94. The van der Waals surface area contributed by atoms with Crippen LogP contribution in [-0.2, 0) is 0 Å². The number of rotatable bonds is 6. The number of aliphatic hydroxyl groups excluding tert-OH is 1. The smallest absolute Gasteiger partial charge is 0.337 e. The summed E-state index contributed by atoms with van der Waals surface area (Å²) in [6.45, 7) is 4.73. The highest BCUT2D eigenvalue weighted by Gasteiger charge is 2.18. The maximum Gasteiger partial charge on any atom is 0.337 e. The molecule has 3 N–H and O–H groups in total. The maximum atomic E-state index is 10.7. The molecule has 0 aliphatic carbocycles. The molecule has 0 aromatic carbocycles. The number of carboxylic acid groups (broad SMARTS) is 1. The SMILES string of the molecule is CC(C)(CCO)CNc1ncc(C(=O)O)cc1Cl. The zero-order valence-corrected chi connectivity index (χ0v) is 11.2. The third-order valence-corrected chi connectivity index (χ3v) is 2.90. The molecule has 0 atom stereocenters. The van der Waals surface area contributed by atoms with Gasteiger partial charge in [0.15, 0.2) is 0 Å². The molecule has 5 nitrogen and oxygen atoms in total. The van der Waals surface area contributed by atoms with Crippen molar-refractivity contribution in [3.8, 4) is 0 Å². The Labute approximate surface area is 111 Å². The first-order chi connectivity index (χ1) is 8.35. The summed E-state index contributed by atoms with van der Waals surface area (Å²) in [5, 5.41) is 21.0. The Morgan fingerprint density at radius 2 is 2.22 bits per heavy atom. The van der Waals surface area contributed by atoms with E-state index in [1.54, 1.807) is 0 Å². The van der Waals surface area contributed by atoms with Crippen LogP contribution in [0.25, 0.3) is 0 Å². The first kappa shape index (κ1) is 14.7. The predicted octanol–water partition coefficient (Wildman–Crippen LogP) is 2.25. The highest BCUT2D eigenvalue weighted by molar-refractivity contribution is 6.33. The molecule has 0 saturated heterocycles. The Morgan fingerprint density at radius 3 is 2.72 bits per heavy atom. The number of anilines is 1. The molecule has 0 radical (unpaired) electrons. The van der Waals surface area contributed by atoms with Crippen molar-refractivity contribution in [3.63, 3.8) is 0 Å². The van der Waals surface area contributed by atoms with Crippen LogP contribution in [0.4, 0.5) is 5.82 Å². The van der Waals surface area contributed by atoms with E-state index in [4.69, 9.17) is 21.8 Å². The van der Waals surface area contributed by atoms with E-state index >= 15 is 0 Å². The number of carbonyl (C=O) groups is 1. The number of pyridine rings is 1. The average Bonchev–Trinajstić information content (AvgIpc) is 2.27. The molecular weight excluding hydrogens is 256 g/mol. The molecule has 1 rings (SSSR count). The van der Waals surface area contributed by atoms with Gasteiger partial charge in [-0.1, -0.05) is 25.4 Å². The predicted molar refractivity (Wildman–Crippen MR) is 70.2 cm³/mol. The van der Waals surface area contributed by atoms with Gasteiger partial charge in [-0.15, -0.1) is 0 Å². The van der Waals surface area contributed by atoms with Crippen LogP contribution in [0.1, 0.15) is 30.6 Å². The second-order valence-corrected chi connectivity index (χ2v) is 5.26. The lowest BCUT2D eigenvalue weighted by Crippen LogP contribution is -2.24. The molecule has 0 saturated carbocycles. The van der Waals surface area contributed by atoms with Gasteiger partial charge in [0.25, 0.3) is 0 Å². The van der Waals surface area contributed by atoms with E-state index in [1.807, 2.05) is 13.8 Å². The van der Waals surface area contributed by atoms with Crippen molar-refractivity contribution in [3.05, 3.63) is 22.8 Å². The fourth-order valence-electron chi connectivity index (χ4n) is 1.40. The number of aromatic carboxylic acids is 1. The van der Waals surface area contributed by atoms with Gasteiger partial charge in [0, 0.05) is 19.3 Å². The molecule has 100 valence electrons. The standard InChI is InChI=1S/C12H17ClN2O3/c1-12(2,3-4-16)7-15-10-9(13)5-8(6-14-10)11(17)18/h5-6,16H,3-4,7H2,1-2H3,(H,14,15)(H,17,18). The Morgan fingerprint density at radius 1 is 1.56 bits per heavy atom. The van der Waals surface area contributed by atoms with Crippen LogP contribution in [0.3, 0.4) is 0 Å². The van der Waals surface area contributed by atoms with Gasteiger partial charge in [-0.2, -0.15) is 0 Å². The molecule has 1 aromatic rings. The van der Waals surface area contributed by atoms with Crippen molar-refractivity contribution < 1.29 is 15.0 Å². The normalized spacial score (nSPS) is 11.3. The van der Waals surface area contributed by atoms with Crippen molar-refractivity contribution in [2.45, 2.75) is 20.3 Å². The van der Waals surface area contributed by atoms with Crippen LogP contribution in [0.2, 0.25) is 5.02 Å². The molecule has 6 heteroatoms. The highest BCUT2D eigenvalue weighted by atomic mass is 35.5. The molecule has 0 spiro atoms. The van der Waals surface area contributed by atoms with Crippen LogP contribution in [0.5, 0.6) is 0 Å². The second-order valence-electron chi connectivity index (χ2n) is 4.85. The number of hydrogen-bond donors (Lipinski definition) is 3. The number of aliphatic hydroxyl groups is 1. The van der Waals surface area contributed by atoms with Crippen LogP contribution in [-0.4, -0.2) is 34.3 Å². The average molecular weight is 273 g/mol. The first-order valence-electron chi connectivity index (χ1n) is 5.59. The second kappa shape index (κ2) is 6.02. The maximum absolute atomic E-state index is 10.7. The molecule has 0 aliphatic heterocycles. The van der Waals surface area contributed by atoms with E-state index in [2.05, 4.69) is 10.3 Å². The quantitative estimate of drug-likeness (QED) is 0.740. The fraction of sp³-hybridized carbons (Fsp3) is 0.500. The van der Waals surface area contributed by atoms with Gasteiger partial charge in [-0.05, 0) is 17.9 Å². The third-order valence-electron chi connectivity index (χ3n) is 2.61. The summed E-state index contributed by atoms with van der Waals surface area (Å²) in [7, 11) is 0. The number of aromatic nitrogens is 1. The van der Waals surface area contributed by atoms with Crippen molar-refractivity contribution >= 4 is 23.4 Å². The van der Waals surface area contributed by atoms with Crippen molar-refractivity contribution in [2.75, 3.05) is 18.5 Å². The van der Waals surface area contributed by atoms with Gasteiger partial charge < -0.3 is 15.5 Å². The molecule has 1 aromatic heterocycles. The van der Waals surface area contributed by atoms with Gasteiger partial charge in [-0.25, -0.2) is 9.78 Å². The minimum Gasteiger partial charge on any atom is -0.478 e. The summed E-state index contributed by atoms with van der Waals surface area (Å²) in [4.78, 5) is 14.7. The van der Waals surface area contributed by atoms with Crippen molar-refractivity contribution in [2.24, 2.45) is 5.41 Å². The molecule has 18 heavy (non-hydrogen) atoms. The van der Waals surface area contributed by atoms with Crippen molar-refractivity contribution in [1.29, 1.82) is 0 Å². The summed E-state index contributed by atoms with van der Waals surface area (Å²) < 4.78 is 0. The lowest BCUT2D eigenvalue weighted by atomic mass is 9.90. The molecule has 0 unspecified atom stereocenters. The Kier molecular flexibility index (Phi) is 4.93. The highest BCUT2D eigenvalue weighted by Crippen LogP contribution is 2.24. The van der Waals surface area contributed by atoms with Crippen LogP contribution < -0.4 is 5.32 Å². The molecule has 0 bridgehead atoms. The minimum absolute atomic E-state index is 0.0557. The summed E-state index contributed by atoms with van der Waals surface area (Å²) in [5.41, 5.74) is -0.0363. The Balaban J connectivity index is 2.71. The number of nitrogens with one attached hydrogen (secondary N) is 1. The monoisotopic (exact) mass is 272 g/mol. The zero-order valence-electron chi connectivity index (χ0n) is 10.4. The van der Waals surface area contributed by atoms with Crippen LogP contribution >= 0.6 is 11.6 Å². The first-order valence-corrected chi connectivity index (χ1v) is 5.97. The topological polar surface area (TPSA) is 82.5 Å². The summed E-state index contributed by atoms with van der Waals surface area (Å²) in [6, 6.07) is 1.36. The van der Waals surface area contributed by atoms with Crippen LogP contribution in [0, 0.1) is 5.41 Å². The van der Waals surface area contributed by atoms with Gasteiger partial charge in [0.2, 0.25) is 0 Å². The third kappa shape index (κ3) is 4.16. The van der Waals surface area contributed by atoms with Gasteiger partial charge in [0.05, 0.1) is 10.6 Å². The van der Waals surface area contributed by atoms with Gasteiger partial charge >= 0.3 is 5.97 Å². The van der Waals surface area contributed by atoms with Crippen molar-refractivity contribution in [1.82, 2.24) is 4.98 Å². The summed E-state index contributed by atoms with van der Waals surface area (Å²) in [6.07, 6.45) is 1.92. The van der Waals surface area contributed by atoms with E-state index in [-0.39, 0.29) is 22.6 Å². The Bertz CT molecular complexity index is 435. The molecule has 0 amide bonds.